The summed E-state index contributed by atoms with van der Waals surface area (Å²) in [4.78, 5) is 31.6. The molecule has 1 amide bonds. The first-order chi connectivity index (χ1) is 23.1. The number of piperidine rings is 1. The van der Waals surface area contributed by atoms with E-state index < -0.39 is 28.8 Å². The van der Waals surface area contributed by atoms with Gasteiger partial charge in [-0.2, -0.15) is 4.99 Å². The molecule has 2 aliphatic rings. The average molecular weight is 680 g/mol. The van der Waals surface area contributed by atoms with Gasteiger partial charge >= 0.3 is 0 Å². The van der Waals surface area contributed by atoms with Gasteiger partial charge in [-0.25, -0.2) is 22.4 Å². The molecule has 248 valence electrons. The van der Waals surface area contributed by atoms with Crippen molar-refractivity contribution in [3.63, 3.8) is 0 Å². The lowest BCUT2D eigenvalue weighted by molar-refractivity contribution is -0.119. The van der Waals surface area contributed by atoms with E-state index in [2.05, 4.69) is 4.99 Å². The molecular weight excluding hydrogens is 650 g/mol. The number of fused-ring (bicyclic) bond motifs is 1. The number of carbonyl (C=O) groups is 1. The molecular formula is C36H30ClF4N3O4. The lowest BCUT2D eigenvalue weighted by Crippen LogP contribution is -2.47. The molecule has 0 bridgehead atoms. The maximum Gasteiger partial charge on any atom is 0.235 e. The number of anilines is 2. The summed E-state index contributed by atoms with van der Waals surface area (Å²) in [5.41, 5.74) is 0.0636. The summed E-state index contributed by atoms with van der Waals surface area (Å²) in [6.07, 6.45) is 2.51. The Labute approximate surface area is 279 Å². The third kappa shape index (κ3) is 6.61. The third-order valence-corrected chi connectivity index (χ3v) is 9.16. The number of hydrogen-bond donors (Lipinski definition) is 0. The fourth-order valence-corrected chi connectivity index (χ4v) is 6.44. The van der Waals surface area contributed by atoms with E-state index in [1.807, 2.05) is 0 Å². The number of isocyanates is 1. The predicted octanol–water partition coefficient (Wildman–Crippen LogP) is 7.81. The standard InChI is InChI=1S/C36H30ClF4N3O4/c1-47-24-5-2-22(3-6-24)19-44-34(46)11-8-26-33(10-9-28(38)35(26)44)48-20-36(42-21-45)12-14-43(15-13-36)32-18-30(40)27(17-31(32)41)25-7-4-23(37)16-29(25)39/h2-7,9-10,16-18H,8,11-15,19-20H2,1H3. The van der Waals surface area contributed by atoms with Crippen LogP contribution in [0.5, 0.6) is 11.5 Å². The molecule has 0 spiro atoms. The van der Waals surface area contributed by atoms with Gasteiger partial charge in [-0.15, -0.1) is 0 Å². The molecule has 0 saturated carbocycles. The molecule has 1 fully saturated rings. The van der Waals surface area contributed by atoms with E-state index >= 15 is 13.2 Å². The molecule has 2 aliphatic heterocycles. The van der Waals surface area contributed by atoms with E-state index in [4.69, 9.17) is 21.1 Å². The molecule has 4 aromatic carbocycles. The van der Waals surface area contributed by atoms with Crippen molar-refractivity contribution >= 4 is 35.0 Å². The number of hydrogen-bond acceptors (Lipinski definition) is 6. The van der Waals surface area contributed by atoms with Crippen LogP contribution in [0.1, 0.15) is 30.4 Å². The summed E-state index contributed by atoms with van der Waals surface area (Å²) in [6.45, 7) is 0.487. The lowest BCUT2D eigenvalue weighted by Gasteiger charge is -2.39. The Bertz CT molecular complexity index is 1910. The second-order valence-corrected chi connectivity index (χ2v) is 12.2. The lowest BCUT2D eigenvalue weighted by atomic mass is 9.88. The number of benzene rings is 4. The van der Waals surface area contributed by atoms with Gasteiger partial charge < -0.3 is 19.3 Å². The molecule has 0 aromatic heterocycles. The summed E-state index contributed by atoms with van der Waals surface area (Å²) in [7, 11) is 1.55. The number of carbonyl (C=O) groups excluding carboxylic acids is 2. The smallest absolute Gasteiger partial charge is 0.235 e. The molecule has 2 heterocycles. The first-order valence-corrected chi connectivity index (χ1v) is 15.6. The van der Waals surface area contributed by atoms with Gasteiger partial charge in [0.15, 0.2) is 0 Å². The summed E-state index contributed by atoms with van der Waals surface area (Å²) in [6, 6.07) is 15.6. The van der Waals surface area contributed by atoms with Gasteiger partial charge in [0, 0.05) is 47.3 Å². The monoisotopic (exact) mass is 679 g/mol. The van der Waals surface area contributed by atoms with Crippen LogP contribution < -0.4 is 19.3 Å². The van der Waals surface area contributed by atoms with Crippen molar-refractivity contribution in [1.29, 1.82) is 0 Å². The molecule has 0 atom stereocenters. The number of halogens is 5. The summed E-state index contributed by atoms with van der Waals surface area (Å²) < 4.78 is 71.6. The van der Waals surface area contributed by atoms with Crippen LogP contribution in [0.3, 0.4) is 0 Å². The zero-order chi connectivity index (χ0) is 34.0. The highest BCUT2D eigenvalue weighted by Gasteiger charge is 2.38. The Morgan fingerprint density at radius 2 is 1.60 bits per heavy atom. The minimum absolute atomic E-state index is 0.00977. The van der Waals surface area contributed by atoms with E-state index in [0.717, 1.165) is 23.8 Å². The van der Waals surface area contributed by atoms with Crippen molar-refractivity contribution in [2.75, 3.05) is 36.6 Å². The van der Waals surface area contributed by atoms with E-state index in [9.17, 15) is 14.0 Å². The second-order valence-electron chi connectivity index (χ2n) is 11.8. The van der Waals surface area contributed by atoms with Crippen molar-refractivity contribution in [2.24, 2.45) is 4.99 Å². The summed E-state index contributed by atoms with van der Waals surface area (Å²) in [5.74, 6) is -2.09. The first kappa shape index (κ1) is 33.1. The van der Waals surface area contributed by atoms with Crippen molar-refractivity contribution in [3.05, 3.63) is 106 Å². The zero-order valence-electron chi connectivity index (χ0n) is 25.9. The van der Waals surface area contributed by atoms with E-state index in [1.165, 1.54) is 29.2 Å². The molecule has 0 aliphatic carbocycles. The molecule has 1 saturated heterocycles. The average Bonchev–Trinajstić information content (AvgIpc) is 3.07. The fourth-order valence-electron chi connectivity index (χ4n) is 6.28. The fraction of sp³-hybridized carbons (Fsp3) is 0.278. The summed E-state index contributed by atoms with van der Waals surface area (Å²) >= 11 is 5.80. The van der Waals surface area contributed by atoms with Crippen LogP contribution in [0, 0.1) is 23.3 Å². The number of ether oxygens (including phenoxy) is 2. The van der Waals surface area contributed by atoms with Crippen LogP contribution in [0.2, 0.25) is 5.02 Å². The molecule has 4 aromatic rings. The predicted molar refractivity (Wildman–Crippen MR) is 173 cm³/mol. The molecule has 48 heavy (non-hydrogen) atoms. The van der Waals surface area contributed by atoms with Gasteiger partial charge in [0.05, 0.1) is 25.0 Å². The van der Waals surface area contributed by atoms with E-state index in [-0.39, 0.29) is 85.4 Å². The number of methoxy groups -OCH3 is 1. The van der Waals surface area contributed by atoms with Crippen molar-refractivity contribution in [3.8, 4) is 22.6 Å². The Balaban J connectivity index is 1.19. The second kappa shape index (κ2) is 13.7. The van der Waals surface area contributed by atoms with Crippen LogP contribution >= 0.6 is 11.6 Å². The van der Waals surface area contributed by atoms with Crippen LogP contribution in [-0.4, -0.2) is 44.3 Å². The van der Waals surface area contributed by atoms with Crippen LogP contribution in [-0.2, 0) is 22.6 Å². The number of rotatable bonds is 9. The van der Waals surface area contributed by atoms with Gasteiger partial charge in [0.2, 0.25) is 12.0 Å². The largest absolute Gasteiger partial charge is 0.497 e. The molecule has 0 unspecified atom stereocenters. The topological polar surface area (TPSA) is 71.4 Å². The summed E-state index contributed by atoms with van der Waals surface area (Å²) in [5, 5.41) is 0.133. The minimum atomic E-state index is -1.03. The Kier molecular flexibility index (Phi) is 9.44. The van der Waals surface area contributed by atoms with Gasteiger partial charge in [-0.3, -0.25) is 4.79 Å². The van der Waals surface area contributed by atoms with Gasteiger partial charge in [0.1, 0.15) is 46.9 Å². The quantitative estimate of drug-likeness (QED) is 0.103. The van der Waals surface area contributed by atoms with Crippen molar-refractivity contribution in [1.82, 2.24) is 0 Å². The maximum absolute atomic E-state index is 15.3. The molecule has 0 radical (unpaired) electrons. The van der Waals surface area contributed by atoms with Crippen LogP contribution in [0.4, 0.5) is 28.9 Å². The highest BCUT2D eigenvalue weighted by Crippen LogP contribution is 2.40. The van der Waals surface area contributed by atoms with Crippen LogP contribution in [0.15, 0.2) is 71.7 Å². The Hall–Kier alpha value is -4.86. The highest BCUT2D eigenvalue weighted by molar-refractivity contribution is 6.30. The number of amides is 1. The Morgan fingerprint density at radius 3 is 2.29 bits per heavy atom. The third-order valence-electron chi connectivity index (χ3n) is 8.92. The van der Waals surface area contributed by atoms with Gasteiger partial charge in [-0.05, 0) is 73.4 Å². The molecule has 7 nitrogen and oxygen atoms in total. The van der Waals surface area contributed by atoms with Crippen molar-refractivity contribution in [2.45, 2.75) is 37.8 Å². The maximum atomic E-state index is 15.3. The number of aliphatic imine (C=N–C) groups is 1. The molecule has 6 rings (SSSR count). The SMILES string of the molecule is COc1ccc(CN2C(=O)CCc3c(OCC4(N=C=O)CCN(c5cc(F)c(-c6ccc(Cl)cc6F)cc5F)CC4)ccc(F)c32)cc1. The van der Waals surface area contributed by atoms with Gasteiger partial charge in [0.25, 0.3) is 0 Å². The highest BCUT2D eigenvalue weighted by atomic mass is 35.5. The Morgan fingerprint density at radius 1 is 0.875 bits per heavy atom. The van der Waals surface area contributed by atoms with Gasteiger partial charge in [-0.1, -0.05) is 23.7 Å². The normalized spacial score (nSPS) is 15.5. The first-order valence-electron chi connectivity index (χ1n) is 15.3. The van der Waals surface area contributed by atoms with E-state index in [1.54, 1.807) is 42.4 Å². The molecule has 0 N–H and O–H groups in total. The van der Waals surface area contributed by atoms with Crippen molar-refractivity contribution < 1.29 is 36.6 Å². The van der Waals surface area contributed by atoms with Crippen LogP contribution in [0.25, 0.3) is 11.1 Å². The number of nitrogens with zero attached hydrogens (tertiary/aromatic N) is 3. The zero-order valence-corrected chi connectivity index (χ0v) is 26.6. The minimum Gasteiger partial charge on any atom is -0.497 e. The molecule has 12 heteroatoms. The van der Waals surface area contributed by atoms with E-state index in [0.29, 0.717) is 17.1 Å².